The number of nitrogens with zero attached hydrogens (tertiary/aromatic N) is 2. The Morgan fingerprint density at radius 3 is 2.33 bits per heavy atom. The van der Waals surface area contributed by atoms with E-state index in [1.165, 1.54) is 12.1 Å². The molecule has 120 valence electrons. The third-order valence-electron chi connectivity index (χ3n) is 3.65. The number of rotatable bonds is 4. The van der Waals surface area contributed by atoms with E-state index in [1.807, 2.05) is 30.3 Å². The van der Waals surface area contributed by atoms with Crippen molar-refractivity contribution < 1.29 is 14.7 Å². The number of benzene rings is 2. The normalized spacial score (nSPS) is 10.4. The summed E-state index contributed by atoms with van der Waals surface area (Å²) in [5.41, 5.74) is 2.48. The van der Waals surface area contributed by atoms with Crippen LogP contribution < -0.4 is 5.32 Å². The van der Waals surface area contributed by atoms with Crippen LogP contribution in [0.15, 0.2) is 60.8 Å². The number of hydrogen-bond acceptors (Lipinski definition) is 3. The number of anilines is 1. The minimum atomic E-state index is -1.01. The molecule has 0 atom stereocenters. The molecule has 2 aromatic carbocycles. The fourth-order valence-electron chi connectivity index (χ4n) is 2.38. The van der Waals surface area contributed by atoms with Crippen LogP contribution in [0.5, 0.6) is 0 Å². The SMILES string of the molecule is Cn1c(-c2ccccc2)cnc1C(=O)Nc1ccc(C(=O)O)cc1. The van der Waals surface area contributed by atoms with Gasteiger partial charge in [-0.25, -0.2) is 9.78 Å². The van der Waals surface area contributed by atoms with Gasteiger partial charge in [-0.05, 0) is 29.8 Å². The fourth-order valence-corrected chi connectivity index (χ4v) is 2.38. The number of aromatic nitrogens is 2. The number of amides is 1. The summed E-state index contributed by atoms with van der Waals surface area (Å²) >= 11 is 0. The predicted octanol–water partition coefficient (Wildman–Crippen LogP) is 3.04. The van der Waals surface area contributed by atoms with Gasteiger partial charge in [0.25, 0.3) is 5.91 Å². The molecule has 0 fully saturated rings. The number of carbonyl (C=O) groups is 2. The molecule has 3 aromatic rings. The van der Waals surface area contributed by atoms with Gasteiger partial charge in [-0.2, -0.15) is 0 Å². The maximum atomic E-state index is 12.4. The van der Waals surface area contributed by atoms with Crippen LogP contribution in [0.25, 0.3) is 11.3 Å². The zero-order chi connectivity index (χ0) is 17.1. The van der Waals surface area contributed by atoms with E-state index in [4.69, 9.17) is 5.11 Å². The Morgan fingerprint density at radius 1 is 1.04 bits per heavy atom. The summed E-state index contributed by atoms with van der Waals surface area (Å²) in [5, 5.41) is 11.6. The van der Waals surface area contributed by atoms with E-state index >= 15 is 0 Å². The molecule has 24 heavy (non-hydrogen) atoms. The van der Waals surface area contributed by atoms with Crippen LogP contribution in [0.1, 0.15) is 21.0 Å². The highest BCUT2D eigenvalue weighted by molar-refractivity contribution is 6.02. The maximum absolute atomic E-state index is 12.4. The number of hydrogen-bond donors (Lipinski definition) is 2. The van der Waals surface area contributed by atoms with Gasteiger partial charge in [0.05, 0.1) is 17.5 Å². The fraction of sp³-hybridized carbons (Fsp3) is 0.0556. The van der Waals surface area contributed by atoms with Crippen LogP contribution in [-0.2, 0) is 7.05 Å². The number of carboxylic acids is 1. The van der Waals surface area contributed by atoms with E-state index in [-0.39, 0.29) is 17.3 Å². The van der Waals surface area contributed by atoms with Gasteiger partial charge >= 0.3 is 5.97 Å². The van der Waals surface area contributed by atoms with E-state index < -0.39 is 5.97 Å². The van der Waals surface area contributed by atoms with Crippen LogP contribution in [-0.4, -0.2) is 26.5 Å². The molecule has 2 N–H and O–H groups in total. The van der Waals surface area contributed by atoms with E-state index in [0.717, 1.165) is 11.3 Å². The second-order valence-electron chi connectivity index (χ2n) is 5.23. The first kappa shape index (κ1) is 15.5. The zero-order valence-corrected chi connectivity index (χ0v) is 12.9. The Bertz CT molecular complexity index is 884. The molecule has 1 aromatic heterocycles. The highest BCUT2D eigenvalue weighted by Crippen LogP contribution is 2.20. The van der Waals surface area contributed by atoms with Gasteiger partial charge in [0, 0.05) is 12.7 Å². The van der Waals surface area contributed by atoms with E-state index in [1.54, 1.807) is 29.9 Å². The van der Waals surface area contributed by atoms with Gasteiger partial charge in [-0.1, -0.05) is 30.3 Å². The quantitative estimate of drug-likeness (QED) is 0.773. The number of aromatic carboxylic acids is 1. The lowest BCUT2D eigenvalue weighted by molar-refractivity contribution is 0.0696. The highest BCUT2D eigenvalue weighted by Gasteiger charge is 2.15. The van der Waals surface area contributed by atoms with Crippen molar-refractivity contribution in [1.82, 2.24) is 9.55 Å². The molecule has 0 spiro atoms. The highest BCUT2D eigenvalue weighted by atomic mass is 16.4. The molecular weight excluding hydrogens is 306 g/mol. The van der Waals surface area contributed by atoms with Crippen LogP contribution in [0, 0.1) is 0 Å². The number of carbonyl (C=O) groups excluding carboxylic acids is 1. The van der Waals surface area contributed by atoms with Crippen LogP contribution in [0.3, 0.4) is 0 Å². The number of imidazole rings is 1. The third kappa shape index (κ3) is 3.03. The standard InChI is InChI=1S/C18H15N3O3/c1-21-15(12-5-3-2-4-6-12)11-19-16(21)17(22)20-14-9-7-13(8-10-14)18(23)24/h2-11H,1H3,(H,20,22)(H,23,24). The minimum Gasteiger partial charge on any atom is -0.478 e. The second-order valence-corrected chi connectivity index (χ2v) is 5.23. The molecule has 0 aliphatic rings. The molecule has 1 heterocycles. The van der Waals surface area contributed by atoms with Gasteiger partial charge in [0.15, 0.2) is 5.82 Å². The smallest absolute Gasteiger partial charge is 0.335 e. The molecular formula is C18H15N3O3. The summed E-state index contributed by atoms with van der Waals surface area (Å²) in [4.78, 5) is 27.4. The summed E-state index contributed by atoms with van der Waals surface area (Å²) in [6, 6.07) is 15.6. The van der Waals surface area contributed by atoms with Gasteiger partial charge in [-0.15, -0.1) is 0 Å². The minimum absolute atomic E-state index is 0.163. The molecule has 0 bridgehead atoms. The number of carboxylic acid groups (broad SMARTS) is 1. The van der Waals surface area contributed by atoms with Gasteiger partial charge in [-0.3, -0.25) is 4.79 Å². The van der Waals surface area contributed by atoms with Crippen molar-refractivity contribution in [2.45, 2.75) is 0 Å². The molecule has 6 nitrogen and oxygen atoms in total. The van der Waals surface area contributed by atoms with E-state index in [9.17, 15) is 9.59 Å². The van der Waals surface area contributed by atoms with Gasteiger partial charge < -0.3 is 15.0 Å². The van der Waals surface area contributed by atoms with Crippen molar-refractivity contribution in [3.8, 4) is 11.3 Å². The van der Waals surface area contributed by atoms with Gasteiger partial charge in [0.2, 0.25) is 0 Å². The Balaban J connectivity index is 1.81. The average molecular weight is 321 g/mol. The van der Waals surface area contributed by atoms with Crippen molar-refractivity contribution in [1.29, 1.82) is 0 Å². The lowest BCUT2D eigenvalue weighted by Crippen LogP contribution is -2.17. The lowest BCUT2D eigenvalue weighted by atomic mass is 10.2. The summed E-state index contributed by atoms with van der Waals surface area (Å²) in [7, 11) is 1.78. The molecule has 0 aliphatic carbocycles. The monoisotopic (exact) mass is 321 g/mol. The van der Waals surface area contributed by atoms with Crippen molar-refractivity contribution in [3.63, 3.8) is 0 Å². The van der Waals surface area contributed by atoms with Gasteiger partial charge in [0.1, 0.15) is 0 Å². The Hall–Kier alpha value is -3.41. The van der Waals surface area contributed by atoms with Crippen molar-refractivity contribution in [2.24, 2.45) is 7.05 Å². The molecule has 3 rings (SSSR count). The van der Waals surface area contributed by atoms with E-state index in [0.29, 0.717) is 5.69 Å². The van der Waals surface area contributed by atoms with Crippen molar-refractivity contribution >= 4 is 17.6 Å². The third-order valence-corrected chi connectivity index (χ3v) is 3.65. The maximum Gasteiger partial charge on any atom is 0.335 e. The topological polar surface area (TPSA) is 84.2 Å². The summed E-state index contributed by atoms with van der Waals surface area (Å²) in [6.45, 7) is 0. The predicted molar refractivity (Wildman–Crippen MR) is 90.0 cm³/mol. The van der Waals surface area contributed by atoms with E-state index in [2.05, 4.69) is 10.3 Å². The Kier molecular flexibility index (Phi) is 4.11. The molecule has 0 radical (unpaired) electrons. The molecule has 1 amide bonds. The number of nitrogens with one attached hydrogen (secondary N) is 1. The van der Waals surface area contributed by atoms with Crippen LogP contribution in [0.4, 0.5) is 5.69 Å². The molecule has 0 unspecified atom stereocenters. The zero-order valence-electron chi connectivity index (χ0n) is 12.9. The van der Waals surface area contributed by atoms with Crippen molar-refractivity contribution in [3.05, 3.63) is 72.2 Å². The molecule has 6 heteroatoms. The first-order valence-corrected chi connectivity index (χ1v) is 7.28. The summed E-state index contributed by atoms with van der Waals surface area (Å²) < 4.78 is 1.72. The van der Waals surface area contributed by atoms with Crippen LogP contribution in [0.2, 0.25) is 0 Å². The summed E-state index contributed by atoms with van der Waals surface area (Å²) in [6.07, 6.45) is 1.65. The summed E-state index contributed by atoms with van der Waals surface area (Å²) in [5.74, 6) is -1.09. The first-order chi connectivity index (χ1) is 11.6. The van der Waals surface area contributed by atoms with Crippen molar-refractivity contribution in [2.75, 3.05) is 5.32 Å². The average Bonchev–Trinajstić information content (AvgIpc) is 2.98. The largest absolute Gasteiger partial charge is 0.478 e. The molecule has 0 saturated carbocycles. The first-order valence-electron chi connectivity index (χ1n) is 7.28. The second kappa shape index (κ2) is 6.37. The molecule has 0 saturated heterocycles. The molecule has 0 aliphatic heterocycles. The van der Waals surface area contributed by atoms with Crippen LogP contribution >= 0.6 is 0 Å². The lowest BCUT2D eigenvalue weighted by Gasteiger charge is -2.07. The Labute approximate surface area is 138 Å². The Morgan fingerprint density at radius 2 is 1.71 bits per heavy atom.